The fraction of sp³-hybridized carbons (Fsp3) is 0.903. The van der Waals surface area contributed by atoms with Crippen molar-refractivity contribution in [1.82, 2.24) is 5.32 Å². The number of ether oxygens (including phenoxy) is 2. The van der Waals surface area contributed by atoms with Gasteiger partial charge in [0.25, 0.3) is 0 Å². The smallest absolute Gasteiger partial charge is 0.220 e. The Labute approximate surface area is 242 Å². The summed E-state index contributed by atoms with van der Waals surface area (Å²) in [6.07, 6.45) is 14.0. The maximum absolute atomic E-state index is 12.7. The van der Waals surface area contributed by atoms with Crippen LogP contribution in [0.5, 0.6) is 0 Å². The van der Waals surface area contributed by atoms with Crippen molar-refractivity contribution in [2.45, 2.75) is 166 Å². The van der Waals surface area contributed by atoms with E-state index in [9.17, 15) is 30.3 Å². The minimum atomic E-state index is -1.55. The van der Waals surface area contributed by atoms with Crippen molar-refractivity contribution < 1.29 is 39.8 Å². The summed E-state index contributed by atoms with van der Waals surface area (Å²) in [6, 6.07) is -0.713. The molecule has 1 fully saturated rings. The second-order valence-electron chi connectivity index (χ2n) is 11.2. The largest absolute Gasteiger partial charge is 0.394 e. The number of nitrogens with one attached hydrogen (secondary N) is 1. The number of carbonyl (C=O) groups is 1. The predicted octanol–water partition coefficient (Wildman–Crippen LogP) is 3.88. The number of aliphatic hydroxyl groups excluding tert-OH is 5. The van der Waals surface area contributed by atoms with E-state index in [1.54, 1.807) is 0 Å². The molecule has 1 saturated heterocycles. The minimum Gasteiger partial charge on any atom is -0.394 e. The lowest BCUT2D eigenvalue weighted by Crippen LogP contribution is -2.60. The number of hydrogen-bond donors (Lipinski definition) is 6. The number of rotatable bonds is 24. The normalized spacial score (nSPS) is 24.8. The van der Waals surface area contributed by atoms with Gasteiger partial charge in [0.15, 0.2) is 6.29 Å². The third kappa shape index (κ3) is 15.8. The second kappa shape index (κ2) is 23.5. The van der Waals surface area contributed by atoms with Crippen molar-refractivity contribution in [3.63, 3.8) is 0 Å². The molecule has 0 aromatic heterocycles. The molecule has 0 spiro atoms. The van der Waals surface area contributed by atoms with Gasteiger partial charge >= 0.3 is 0 Å². The van der Waals surface area contributed by atoms with Crippen molar-refractivity contribution in [3.05, 3.63) is 12.2 Å². The Balaban J connectivity index is 2.49. The molecule has 236 valence electrons. The quantitative estimate of drug-likeness (QED) is 0.0753. The zero-order chi connectivity index (χ0) is 29.6. The van der Waals surface area contributed by atoms with Crippen molar-refractivity contribution in [2.75, 3.05) is 13.2 Å². The molecule has 0 aromatic rings. The van der Waals surface area contributed by atoms with Gasteiger partial charge in [0.05, 0.1) is 25.4 Å². The number of aliphatic hydroxyl groups is 5. The van der Waals surface area contributed by atoms with Gasteiger partial charge in [-0.2, -0.15) is 0 Å². The lowest BCUT2D eigenvalue weighted by Gasteiger charge is -2.40. The highest BCUT2D eigenvalue weighted by Crippen LogP contribution is 2.22. The molecule has 7 unspecified atom stereocenters. The van der Waals surface area contributed by atoms with E-state index in [4.69, 9.17) is 9.47 Å². The lowest BCUT2D eigenvalue weighted by molar-refractivity contribution is -0.302. The molecule has 0 bridgehead atoms. The molecule has 1 rings (SSSR count). The van der Waals surface area contributed by atoms with Crippen molar-refractivity contribution in [2.24, 2.45) is 0 Å². The van der Waals surface area contributed by atoms with E-state index in [0.29, 0.717) is 12.8 Å². The maximum atomic E-state index is 12.7. The van der Waals surface area contributed by atoms with Crippen LogP contribution in [0.2, 0.25) is 0 Å². The number of amides is 1. The van der Waals surface area contributed by atoms with Crippen LogP contribution >= 0.6 is 0 Å². The Bertz CT molecular complexity index is 647. The molecule has 1 heterocycles. The number of hydrogen-bond acceptors (Lipinski definition) is 8. The Morgan fingerprint density at radius 1 is 0.825 bits per heavy atom. The molecule has 6 N–H and O–H groups in total. The molecule has 1 aliphatic rings. The molecule has 0 saturated carbocycles. The zero-order valence-electron chi connectivity index (χ0n) is 25.1. The highest BCUT2D eigenvalue weighted by atomic mass is 16.7. The van der Waals surface area contributed by atoms with Gasteiger partial charge in [0.2, 0.25) is 5.91 Å². The maximum Gasteiger partial charge on any atom is 0.220 e. The van der Waals surface area contributed by atoms with Gasteiger partial charge in [-0.3, -0.25) is 4.79 Å². The van der Waals surface area contributed by atoms with Gasteiger partial charge in [-0.25, -0.2) is 0 Å². The molecular weight excluding hydrogens is 514 g/mol. The summed E-state index contributed by atoms with van der Waals surface area (Å²) in [7, 11) is 0. The Morgan fingerprint density at radius 3 is 2.10 bits per heavy atom. The first-order valence-electron chi connectivity index (χ1n) is 15.9. The van der Waals surface area contributed by atoms with E-state index >= 15 is 0 Å². The fourth-order valence-corrected chi connectivity index (χ4v) is 4.90. The van der Waals surface area contributed by atoms with E-state index in [-0.39, 0.29) is 12.5 Å². The summed E-state index contributed by atoms with van der Waals surface area (Å²) in [6.45, 7) is 3.67. The third-order valence-corrected chi connectivity index (χ3v) is 7.62. The van der Waals surface area contributed by atoms with Crippen molar-refractivity contribution >= 4 is 5.91 Å². The fourth-order valence-electron chi connectivity index (χ4n) is 4.90. The van der Waals surface area contributed by atoms with Crippen molar-refractivity contribution in [3.8, 4) is 0 Å². The van der Waals surface area contributed by atoms with Crippen LogP contribution < -0.4 is 5.32 Å². The highest BCUT2D eigenvalue weighted by Gasteiger charge is 2.44. The van der Waals surface area contributed by atoms with Crippen molar-refractivity contribution in [1.29, 1.82) is 0 Å². The molecule has 1 amide bonds. The molecule has 9 nitrogen and oxygen atoms in total. The number of allylic oxidation sites excluding steroid dienone is 2. The predicted molar refractivity (Wildman–Crippen MR) is 157 cm³/mol. The van der Waals surface area contributed by atoms with Crippen LogP contribution in [-0.4, -0.2) is 87.5 Å². The van der Waals surface area contributed by atoms with Gasteiger partial charge in [0.1, 0.15) is 24.4 Å². The average molecular weight is 574 g/mol. The van der Waals surface area contributed by atoms with Crippen LogP contribution in [0.25, 0.3) is 0 Å². The zero-order valence-corrected chi connectivity index (χ0v) is 25.1. The molecular formula is C31H59NO8. The highest BCUT2D eigenvalue weighted by molar-refractivity contribution is 5.76. The number of carbonyl (C=O) groups excluding carboxylic acids is 1. The average Bonchev–Trinajstić information content (AvgIpc) is 2.95. The van der Waals surface area contributed by atoms with E-state index in [2.05, 4.69) is 31.3 Å². The van der Waals surface area contributed by atoms with Crippen LogP contribution in [0.15, 0.2) is 12.2 Å². The number of unbranched alkanes of at least 4 members (excludes halogenated alkanes) is 12. The van der Waals surface area contributed by atoms with Crippen LogP contribution in [0, 0.1) is 0 Å². The Morgan fingerprint density at radius 2 is 1.43 bits per heavy atom. The SMILES string of the molecule is CCCC/C=C\CCCCCCCC(=O)NC(COC1OC(CO)C(O)C(O)C1O)C(O)CCCCCCCC. The van der Waals surface area contributed by atoms with E-state index in [1.165, 1.54) is 32.1 Å². The summed E-state index contributed by atoms with van der Waals surface area (Å²) in [5.41, 5.74) is 0. The topological polar surface area (TPSA) is 149 Å². The summed E-state index contributed by atoms with van der Waals surface area (Å²) in [5, 5.41) is 53.5. The van der Waals surface area contributed by atoms with E-state index < -0.39 is 49.5 Å². The van der Waals surface area contributed by atoms with Gasteiger partial charge < -0.3 is 40.3 Å². The molecule has 9 heteroatoms. The molecule has 1 aliphatic heterocycles. The van der Waals surface area contributed by atoms with E-state index in [0.717, 1.165) is 64.2 Å². The molecule has 0 aromatic carbocycles. The van der Waals surface area contributed by atoms with E-state index in [1.807, 2.05) is 0 Å². The minimum absolute atomic E-state index is 0.142. The molecule has 0 aliphatic carbocycles. The van der Waals surface area contributed by atoms with Crippen LogP contribution in [0.1, 0.15) is 123 Å². The first-order chi connectivity index (χ1) is 19.3. The standard InChI is InChI=1S/C31H59NO8/c1-3-5-7-9-11-12-13-14-15-17-19-21-27(35)32-24(25(34)20-18-16-10-8-6-4-2)23-39-31-30(38)29(37)28(36)26(22-33)40-31/h9,11,24-26,28-31,33-34,36-38H,3-8,10,12-23H2,1-2H3,(H,32,35)/b11-9-. The van der Waals surface area contributed by atoms with Crippen LogP contribution in [-0.2, 0) is 14.3 Å². The van der Waals surface area contributed by atoms with Gasteiger partial charge in [-0.1, -0.05) is 96.6 Å². The van der Waals surface area contributed by atoms with Gasteiger partial charge in [-0.15, -0.1) is 0 Å². The summed E-state index contributed by atoms with van der Waals surface area (Å²) >= 11 is 0. The summed E-state index contributed by atoms with van der Waals surface area (Å²) in [5.74, 6) is -0.164. The monoisotopic (exact) mass is 573 g/mol. The summed E-state index contributed by atoms with van der Waals surface area (Å²) < 4.78 is 11.1. The summed E-state index contributed by atoms with van der Waals surface area (Å²) in [4.78, 5) is 12.7. The first-order valence-corrected chi connectivity index (χ1v) is 15.9. The Kier molecular flexibility index (Phi) is 21.7. The third-order valence-electron chi connectivity index (χ3n) is 7.62. The second-order valence-corrected chi connectivity index (χ2v) is 11.2. The lowest BCUT2D eigenvalue weighted by atomic mass is 9.99. The van der Waals surface area contributed by atoms with Crippen LogP contribution in [0.3, 0.4) is 0 Å². The molecule has 7 atom stereocenters. The molecule has 0 radical (unpaired) electrons. The van der Waals surface area contributed by atoms with Gasteiger partial charge in [-0.05, 0) is 32.1 Å². The Hall–Kier alpha value is -1.07. The first kappa shape index (κ1) is 37.0. The van der Waals surface area contributed by atoms with Crippen LogP contribution in [0.4, 0.5) is 0 Å². The molecule has 40 heavy (non-hydrogen) atoms. The van der Waals surface area contributed by atoms with Gasteiger partial charge in [0, 0.05) is 6.42 Å².